The zero-order chi connectivity index (χ0) is 12.2. The molecule has 0 amide bonds. The predicted octanol–water partition coefficient (Wildman–Crippen LogP) is 0.895. The molecule has 0 saturated heterocycles. The van der Waals surface area contributed by atoms with Gasteiger partial charge in [-0.15, -0.1) is 0 Å². The maximum atomic E-state index is 11.4. The molecule has 0 aliphatic rings. The minimum Gasteiger partial charge on any atom is -0.370 e. The van der Waals surface area contributed by atoms with Crippen LogP contribution in [-0.2, 0) is 13.9 Å². The van der Waals surface area contributed by atoms with Gasteiger partial charge < -0.3 is 4.52 Å². The van der Waals surface area contributed by atoms with Crippen LogP contribution >= 0.6 is 7.82 Å². The number of benzene rings is 1. The number of rotatable bonds is 4. The van der Waals surface area contributed by atoms with Crippen LogP contribution < -0.4 is 0 Å². The van der Waals surface area contributed by atoms with Crippen molar-refractivity contribution in [2.24, 2.45) is 0 Å². The van der Waals surface area contributed by atoms with Crippen LogP contribution in [-0.4, -0.2) is 21.5 Å². The first kappa shape index (κ1) is 12.6. The molecule has 0 aromatic heterocycles. The van der Waals surface area contributed by atoms with E-state index in [4.69, 9.17) is 9.79 Å². The Kier molecular flexibility index (Phi) is 3.95. The number of hydrogen-bond acceptors (Lipinski definition) is 4. The summed E-state index contributed by atoms with van der Waals surface area (Å²) in [6.07, 6.45) is -0.699. The second kappa shape index (κ2) is 5.03. The van der Waals surface area contributed by atoms with E-state index < -0.39 is 26.0 Å². The first-order chi connectivity index (χ1) is 7.38. The van der Waals surface area contributed by atoms with Crippen molar-refractivity contribution in [1.29, 1.82) is 0 Å². The van der Waals surface area contributed by atoms with Crippen LogP contribution in [0.5, 0.6) is 0 Å². The van der Waals surface area contributed by atoms with E-state index in [-0.39, 0.29) is 5.56 Å². The molecule has 7 heteroatoms. The van der Waals surface area contributed by atoms with Crippen LogP contribution in [0.15, 0.2) is 30.3 Å². The third-order valence-corrected chi connectivity index (χ3v) is 2.06. The van der Waals surface area contributed by atoms with Crippen molar-refractivity contribution in [3.63, 3.8) is 0 Å². The van der Waals surface area contributed by atoms with E-state index in [0.29, 0.717) is 0 Å². The van der Waals surface area contributed by atoms with Gasteiger partial charge in [-0.25, -0.2) is 4.57 Å². The van der Waals surface area contributed by atoms with Crippen LogP contribution in [0.4, 0.5) is 0 Å². The van der Waals surface area contributed by atoms with Gasteiger partial charge in [0.25, 0.3) is 0 Å². The van der Waals surface area contributed by atoms with Gasteiger partial charge in [0.1, 0.15) is 6.42 Å². The smallest absolute Gasteiger partial charge is 0.370 e. The second-order valence-corrected chi connectivity index (χ2v) is 4.08. The summed E-state index contributed by atoms with van der Waals surface area (Å²) in [5.74, 6) is -1.80. The van der Waals surface area contributed by atoms with E-state index in [0.717, 1.165) is 0 Å². The fourth-order valence-electron chi connectivity index (χ4n) is 1.02. The Hall–Kier alpha value is -1.49. The number of ketones is 1. The number of hydrogen-bond donors (Lipinski definition) is 2. The number of phosphoric ester groups is 1. The Morgan fingerprint density at radius 3 is 2.25 bits per heavy atom. The van der Waals surface area contributed by atoms with Gasteiger partial charge in [0, 0.05) is 5.56 Å². The van der Waals surface area contributed by atoms with Crippen LogP contribution in [0.25, 0.3) is 0 Å². The third kappa shape index (κ3) is 4.35. The molecule has 0 bridgehead atoms. The second-order valence-electron chi connectivity index (χ2n) is 2.92. The summed E-state index contributed by atoms with van der Waals surface area (Å²) in [5.41, 5.74) is 0.283. The lowest BCUT2D eigenvalue weighted by Gasteiger charge is -2.04. The minimum absolute atomic E-state index is 0.283. The quantitative estimate of drug-likeness (QED) is 0.463. The van der Waals surface area contributed by atoms with Crippen LogP contribution in [0.1, 0.15) is 16.8 Å². The highest BCUT2D eigenvalue weighted by atomic mass is 31.2. The fraction of sp³-hybridized carbons (Fsp3) is 0.111. The maximum absolute atomic E-state index is 11.4. The Morgan fingerprint density at radius 2 is 1.75 bits per heavy atom. The zero-order valence-electron chi connectivity index (χ0n) is 8.07. The summed E-state index contributed by atoms with van der Waals surface area (Å²) in [4.78, 5) is 39.0. The summed E-state index contributed by atoms with van der Waals surface area (Å²) < 4.78 is 14.0. The molecule has 16 heavy (non-hydrogen) atoms. The van der Waals surface area contributed by atoms with E-state index in [1.807, 2.05) is 0 Å². The van der Waals surface area contributed by atoms with Gasteiger partial charge in [-0.05, 0) is 0 Å². The summed E-state index contributed by atoms with van der Waals surface area (Å²) >= 11 is 0. The summed E-state index contributed by atoms with van der Waals surface area (Å²) in [6, 6.07) is 7.91. The molecule has 0 saturated carbocycles. The van der Waals surface area contributed by atoms with Crippen molar-refractivity contribution in [3.8, 4) is 0 Å². The summed E-state index contributed by atoms with van der Waals surface area (Å²) in [7, 11) is -4.87. The SMILES string of the molecule is O=C(CC(=O)c1ccccc1)OP(=O)(O)O. The van der Waals surface area contributed by atoms with E-state index >= 15 is 0 Å². The monoisotopic (exact) mass is 244 g/mol. The van der Waals surface area contributed by atoms with Gasteiger partial charge in [-0.1, -0.05) is 30.3 Å². The first-order valence-corrected chi connectivity index (χ1v) is 5.78. The molecule has 0 aliphatic carbocycles. The summed E-state index contributed by atoms with van der Waals surface area (Å²) in [6.45, 7) is 0. The number of carbonyl (C=O) groups excluding carboxylic acids is 2. The van der Waals surface area contributed by atoms with Crippen LogP contribution in [0.3, 0.4) is 0 Å². The van der Waals surface area contributed by atoms with Crippen molar-refractivity contribution in [3.05, 3.63) is 35.9 Å². The van der Waals surface area contributed by atoms with Gasteiger partial charge in [0.15, 0.2) is 5.78 Å². The van der Waals surface area contributed by atoms with Crippen molar-refractivity contribution >= 4 is 19.6 Å². The van der Waals surface area contributed by atoms with Crippen molar-refractivity contribution in [1.82, 2.24) is 0 Å². The topological polar surface area (TPSA) is 101 Å². The zero-order valence-corrected chi connectivity index (χ0v) is 8.96. The van der Waals surface area contributed by atoms with Crippen LogP contribution in [0.2, 0.25) is 0 Å². The largest absolute Gasteiger partial charge is 0.526 e. The molecule has 0 atom stereocenters. The molecule has 6 nitrogen and oxygen atoms in total. The van der Waals surface area contributed by atoms with E-state index in [1.54, 1.807) is 18.2 Å². The Balaban J connectivity index is 2.60. The fourth-order valence-corrected chi connectivity index (χ4v) is 1.35. The Morgan fingerprint density at radius 1 is 1.19 bits per heavy atom. The minimum atomic E-state index is -4.87. The van der Waals surface area contributed by atoms with E-state index in [2.05, 4.69) is 4.52 Å². The van der Waals surface area contributed by atoms with Crippen molar-refractivity contribution in [2.75, 3.05) is 0 Å². The highest BCUT2D eigenvalue weighted by Crippen LogP contribution is 2.36. The molecule has 0 radical (unpaired) electrons. The molecule has 1 aromatic rings. The number of Topliss-reactive ketones (excluding diaryl/α,β-unsaturated/α-hetero) is 1. The summed E-state index contributed by atoms with van der Waals surface area (Å²) in [5, 5.41) is 0. The van der Waals surface area contributed by atoms with E-state index in [1.165, 1.54) is 12.1 Å². The van der Waals surface area contributed by atoms with Crippen LogP contribution in [0, 0.1) is 0 Å². The highest BCUT2D eigenvalue weighted by molar-refractivity contribution is 7.46. The molecule has 0 unspecified atom stereocenters. The lowest BCUT2D eigenvalue weighted by Crippen LogP contribution is -2.10. The molecule has 1 aromatic carbocycles. The first-order valence-electron chi connectivity index (χ1n) is 4.25. The number of carbonyl (C=O) groups is 2. The van der Waals surface area contributed by atoms with E-state index in [9.17, 15) is 14.2 Å². The highest BCUT2D eigenvalue weighted by Gasteiger charge is 2.22. The lowest BCUT2D eigenvalue weighted by atomic mass is 10.1. The maximum Gasteiger partial charge on any atom is 0.526 e. The number of phosphoric acid groups is 1. The van der Waals surface area contributed by atoms with Crippen molar-refractivity contribution in [2.45, 2.75) is 6.42 Å². The molecular formula is C9H9O6P. The molecule has 1 rings (SSSR count). The average molecular weight is 244 g/mol. The van der Waals surface area contributed by atoms with Crippen molar-refractivity contribution < 1.29 is 28.5 Å². The Bertz CT molecular complexity index is 435. The third-order valence-electron chi connectivity index (χ3n) is 1.62. The predicted molar refractivity (Wildman–Crippen MR) is 53.5 cm³/mol. The Labute approximate surface area is 91.1 Å². The van der Waals surface area contributed by atoms with Gasteiger partial charge >= 0.3 is 13.8 Å². The molecular weight excluding hydrogens is 235 g/mol. The standard InChI is InChI=1S/C9H9O6P/c10-8(7-4-2-1-3-5-7)6-9(11)15-16(12,13)14/h1-5H,6H2,(H2,12,13,14). The molecule has 0 aliphatic heterocycles. The molecule has 0 spiro atoms. The normalized spacial score (nSPS) is 10.9. The van der Waals surface area contributed by atoms with Gasteiger partial charge in [0.2, 0.25) is 0 Å². The van der Waals surface area contributed by atoms with Gasteiger partial charge in [0.05, 0.1) is 0 Å². The molecule has 0 fully saturated rings. The average Bonchev–Trinajstić information content (AvgIpc) is 2.16. The molecule has 86 valence electrons. The van der Waals surface area contributed by atoms with Gasteiger partial charge in [-0.2, -0.15) is 0 Å². The lowest BCUT2D eigenvalue weighted by molar-refractivity contribution is -0.134. The van der Waals surface area contributed by atoms with Gasteiger partial charge in [-0.3, -0.25) is 19.4 Å². The molecule has 0 heterocycles. The molecule has 2 N–H and O–H groups in total.